The SMILES string of the molecule is COc1ccc(NC(C)(CN)C(C)C)cc1. The minimum atomic E-state index is -0.0748. The highest BCUT2D eigenvalue weighted by molar-refractivity contribution is 5.48. The number of methoxy groups -OCH3 is 1. The van der Waals surface area contributed by atoms with Crippen molar-refractivity contribution in [3.05, 3.63) is 24.3 Å². The highest BCUT2D eigenvalue weighted by atomic mass is 16.5. The average Bonchev–Trinajstić information content (AvgIpc) is 2.29. The molecule has 0 aromatic heterocycles. The van der Waals surface area contributed by atoms with Crippen molar-refractivity contribution in [1.82, 2.24) is 0 Å². The Balaban J connectivity index is 2.78. The molecule has 0 heterocycles. The number of rotatable bonds is 5. The van der Waals surface area contributed by atoms with Gasteiger partial charge in [-0.25, -0.2) is 0 Å². The highest BCUT2D eigenvalue weighted by Crippen LogP contribution is 2.23. The fraction of sp³-hybridized carbons (Fsp3) is 0.538. The number of ether oxygens (including phenoxy) is 1. The van der Waals surface area contributed by atoms with Gasteiger partial charge in [0.15, 0.2) is 0 Å². The first-order valence-corrected chi connectivity index (χ1v) is 5.64. The lowest BCUT2D eigenvalue weighted by Crippen LogP contribution is -2.47. The first-order chi connectivity index (χ1) is 7.51. The summed E-state index contributed by atoms with van der Waals surface area (Å²) in [4.78, 5) is 0. The first kappa shape index (κ1) is 12.8. The van der Waals surface area contributed by atoms with E-state index in [4.69, 9.17) is 10.5 Å². The van der Waals surface area contributed by atoms with Crippen LogP contribution < -0.4 is 15.8 Å². The number of nitrogens with one attached hydrogen (secondary N) is 1. The van der Waals surface area contributed by atoms with Crippen molar-refractivity contribution < 1.29 is 4.74 Å². The molecule has 3 nitrogen and oxygen atoms in total. The van der Waals surface area contributed by atoms with Crippen molar-refractivity contribution in [2.75, 3.05) is 19.0 Å². The fourth-order valence-corrected chi connectivity index (χ4v) is 1.44. The summed E-state index contributed by atoms with van der Waals surface area (Å²) >= 11 is 0. The molecule has 0 spiro atoms. The summed E-state index contributed by atoms with van der Waals surface area (Å²) in [5.74, 6) is 1.34. The second-order valence-corrected chi connectivity index (χ2v) is 4.63. The third-order valence-electron chi connectivity index (χ3n) is 3.22. The standard InChI is InChI=1S/C13H22N2O/c1-10(2)13(3,9-14)15-11-5-7-12(16-4)8-6-11/h5-8,10,15H,9,14H2,1-4H3. The molecule has 0 saturated heterocycles. The lowest BCUT2D eigenvalue weighted by atomic mass is 9.88. The van der Waals surface area contributed by atoms with Gasteiger partial charge < -0.3 is 15.8 Å². The molecule has 16 heavy (non-hydrogen) atoms. The molecule has 0 aliphatic heterocycles. The molecule has 3 heteroatoms. The third-order valence-corrected chi connectivity index (χ3v) is 3.22. The van der Waals surface area contributed by atoms with Crippen LogP contribution in [0.2, 0.25) is 0 Å². The molecule has 1 unspecified atom stereocenters. The van der Waals surface area contributed by atoms with E-state index >= 15 is 0 Å². The van der Waals surface area contributed by atoms with Gasteiger partial charge in [0.2, 0.25) is 0 Å². The quantitative estimate of drug-likeness (QED) is 0.804. The van der Waals surface area contributed by atoms with E-state index in [1.165, 1.54) is 0 Å². The van der Waals surface area contributed by atoms with E-state index in [9.17, 15) is 0 Å². The molecular formula is C13H22N2O. The van der Waals surface area contributed by atoms with Crippen LogP contribution in [0, 0.1) is 5.92 Å². The van der Waals surface area contributed by atoms with Crippen molar-refractivity contribution >= 4 is 5.69 Å². The average molecular weight is 222 g/mol. The van der Waals surface area contributed by atoms with Gasteiger partial charge in [0.1, 0.15) is 5.75 Å². The molecule has 0 amide bonds. The van der Waals surface area contributed by atoms with Gasteiger partial charge in [-0.3, -0.25) is 0 Å². The molecule has 0 radical (unpaired) electrons. The maximum atomic E-state index is 5.82. The van der Waals surface area contributed by atoms with Gasteiger partial charge in [0.05, 0.1) is 7.11 Å². The number of hydrogen-bond donors (Lipinski definition) is 2. The van der Waals surface area contributed by atoms with Crippen LogP contribution in [0.25, 0.3) is 0 Å². The summed E-state index contributed by atoms with van der Waals surface area (Å²) < 4.78 is 5.12. The van der Waals surface area contributed by atoms with Gasteiger partial charge in [-0.15, -0.1) is 0 Å². The molecule has 3 N–H and O–H groups in total. The summed E-state index contributed by atoms with van der Waals surface area (Å²) in [7, 11) is 1.67. The van der Waals surface area contributed by atoms with Crippen molar-refractivity contribution in [3.63, 3.8) is 0 Å². The Morgan fingerprint density at radius 3 is 2.25 bits per heavy atom. The molecule has 90 valence electrons. The van der Waals surface area contributed by atoms with E-state index in [0.29, 0.717) is 12.5 Å². The lowest BCUT2D eigenvalue weighted by molar-refractivity contribution is 0.382. The van der Waals surface area contributed by atoms with E-state index in [1.807, 2.05) is 24.3 Å². The predicted octanol–water partition coefficient (Wildman–Crippen LogP) is 2.48. The van der Waals surface area contributed by atoms with Gasteiger partial charge >= 0.3 is 0 Å². The Hall–Kier alpha value is -1.22. The van der Waals surface area contributed by atoms with Crippen LogP contribution in [0.5, 0.6) is 5.75 Å². The number of hydrogen-bond acceptors (Lipinski definition) is 3. The van der Waals surface area contributed by atoms with Crippen LogP contribution in [0.1, 0.15) is 20.8 Å². The second-order valence-electron chi connectivity index (χ2n) is 4.63. The molecular weight excluding hydrogens is 200 g/mol. The minimum absolute atomic E-state index is 0.0748. The molecule has 1 aromatic rings. The van der Waals surface area contributed by atoms with Gasteiger partial charge in [-0.05, 0) is 37.1 Å². The fourth-order valence-electron chi connectivity index (χ4n) is 1.44. The van der Waals surface area contributed by atoms with Gasteiger partial charge in [-0.1, -0.05) is 13.8 Å². The van der Waals surface area contributed by atoms with Crippen LogP contribution in [0.3, 0.4) is 0 Å². The van der Waals surface area contributed by atoms with E-state index in [1.54, 1.807) is 7.11 Å². The van der Waals surface area contributed by atoms with Crippen molar-refractivity contribution in [3.8, 4) is 5.75 Å². The number of nitrogens with two attached hydrogens (primary N) is 1. The molecule has 0 saturated carbocycles. The van der Waals surface area contributed by atoms with Crippen LogP contribution in [-0.4, -0.2) is 19.2 Å². The summed E-state index contributed by atoms with van der Waals surface area (Å²) in [6.45, 7) is 7.09. The maximum Gasteiger partial charge on any atom is 0.119 e. The van der Waals surface area contributed by atoms with Gasteiger partial charge in [0, 0.05) is 17.8 Å². The summed E-state index contributed by atoms with van der Waals surface area (Å²) in [6.07, 6.45) is 0. The molecule has 0 aliphatic carbocycles. The van der Waals surface area contributed by atoms with E-state index in [-0.39, 0.29) is 5.54 Å². The van der Waals surface area contributed by atoms with Crippen LogP contribution in [0.4, 0.5) is 5.69 Å². The minimum Gasteiger partial charge on any atom is -0.497 e. The molecule has 0 bridgehead atoms. The smallest absolute Gasteiger partial charge is 0.119 e. The monoisotopic (exact) mass is 222 g/mol. The molecule has 0 fully saturated rings. The topological polar surface area (TPSA) is 47.3 Å². The lowest BCUT2D eigenvalue weighted by Gasteiger charge is -2.34. The zero-order valence-corrected chi connectivity index (χ0v) is 10.6. The summed E-state index contributed by atoms with van der Waals surface area (Å²) in [5.41, 5.74) is 6.82. The second kappa shape index (κ2) is 5.21. The third kappa shape index (κ3) is 2.89. The first-order valence-electron chi connectivity index (χ1n) is 5.64. The van der Waals surface area contributed by atoms with Crippen LogP contribution >= 0.6 is 0 Å². The zero-order valence-electron chi connectivity index (χ0n) is 10.6. The Labute approximate surface area is 98.0 Å². The van der Waals surface area contributed by atoms with Crippen LogP contribution in [-0.2, 0) is 0 Å². The number of anilines is 1. The largest absolute Gasteiger partial charge is 0.497 e. The van der Waals surface area contributed by atoms with Crippen molar-refractivity contribution in [2.45, 2.75) is 26.3 Å². The molecule has 1 aromatic carbocycles. The van der Waals surface area contributed by atoms with E-state index in [0.717, 1.165) is 11.4 Å². The van der Waals surface area contributed by atoms with Crippen LogP contribution in [0.15, 0.2) is 24.3 Å². The van der Waals surface area contributed by atoms with Gasteiger partial charge in [-0.2, -0.15) is 0 Å². The number of benzene rings is 1. The van der Waals surface area contributed by atoms with Crippen molar-refractivity contribution in [1.29, 1.82) is 0 Å². The van der Waals surface area contributed by atoms with E-state index < -0.39 is 0 Å². The Morgan fingerprint density at radius 1 is 1.31 bits per heavy atom. The maximum absolute atomic E-state index is 5.82. The molecule has 1 atom stereocenters. The van der Waals surface area contributed by atoms with Crippen molar-refractivity contribution in [2.24, 2.45) is 11.7 Å². The predicted molar refractivity (Wildman–Crippen MR) is 68.9 cm³/mol. The molecule has 0 aliphatic rings. The Bertz CT molecular complexity index is 321. The zero-order chi connectivity index (χ0) is 12.2. The highest BCUT2D eigenvalue weighted by Gasteiger charge is 2.26. The Morgan fingerprint density at radius 2 is 1.88 bits per heavy atom. The van der Waals surface area contributed by atoms with E-state index in [2.05, 4.69) is 26.1 Å². The Kier molecular flexibility index (Phi) is 4.19. The normalized spacial score (nSPS) is 14.6. The summed E-state index contributed by atoms with van der Waals surface area (Å²) in [6, 6.07) is 7.91. The molecule has 1 rings (SSSR count). The van der Waals surface area contributed by atoms with Gasteiger partial charge in [0.25, 0.3) is 0 Å². The summed E-state index contributed by atoms with van der Waals surface area (Å²) in [5, 5.41) is 3.48.